The molecule has 1 aromatic carbocycles. The zero-order valence-corrected chi connectivity index (χ0v) is 20.0. The van der Waals surface area contributed by atoms with Crippen LogP contribution in [0, 0.1) is 0 Å². The standard InChI is InChI=1S/C26H40O4/c1-17(24(28)30-15-14-29-8)19-16-20(25(2,3)4)23(27)22(26(5,6)7)21(19)18-12-10-9-11-13-18/h16,18,27H,1,9-15H2,2-8H3. The minimum atomic E-state index is -0.422. The Kier molecular flexibility index (Phi) is 7.79. The van der Waals surface area contributed by atoms with Crippen molar-refractivity contribution in [2.24, 2.45) is 0 Å². The molecule has 0 aromatic heterocycles. The molecule has 1 saturated carbocycles. The number of benzene rings is 1. The minimum absolute atomic E-state index is 0.198. The maximum atomic E-state index is 12.8. The van der Waals surface area contributed by atoms with Crippen LogP contribution in [-0.4, -0.2) is 31.4 Å². The van der Waals surface area contributed by atoms with Crippen LogP contribution in [0.25, 0.3) is 5.57 Å². The van der Waals surface area contributed by atoms with Crippen LogP contribution in [0.5, 0.6) is 5.75 Å². The van der Waals surface area contributed by atoms with Crippen LogP contribution >= 0.6 is 0 Å². The van der Waals surface area contributed by atoms with Crippen LogP contribution in [0.15, 0.2) is 12.6 Å². The van der Waals surface area contributed by atoms with Gasteiger partial charge in [-0.2, -0.15) is 0 Å². The Balaban J connectivity index is 2.73. The summed E-state index contributed by atoms with van der Waals surface area (Å²) in [7, 11) is 1.58. The molecule has 1 aliphatic rings. The summed E-state index contributed by atoms with van der Waals surface area (Å²) in [5.41, 5.74) is 3.52. The van der Waals surface area contributed by atoms with Gasteiger partial charge in [0.2, 0.25) is 0 Å². The molecule has 4 nitrogen and oxygen atoms in total. The van der Waals surface area contributed by atoms with E-state index in [9.17, 15) is 9.90 Å². The third-order valence-electron chi connectivity index (χ3n) is 6.00. The van der Waals surface area contributed by atoms with Crippen molar-refractivity contribution in [1.82, 2.24) is 0 Å². The van der Waals surface area contributed by atoms with E-state index >= 15 is 0 Å². The number of esters is 1. The molecule has 0 heterocycles. The third kappa shape index (κ3) is 5.46. The van der Waals surface area contributed by atoms with Crippen LogP contribution < -0.4 is 0 Å². The first-order valence-electron chi connectivity index (χ1n) is 11.2. The van der Waals surface area contributed by atoms with Gasteiger partial charge in [0.25, 0.3) is 0 Å². The van der Waals surface area contributed by atoms with Gasteiger partial charge < -0.3 is 14.6 Å². The van der Waals surface area contributed by atoms with Crippen LogP contribution in [0.2, 0.25) is 0 Å². The van der Waals surface area contributed by atoms with Crippen molar-refractivity contribution in [2.45, 2.75) is 90.4 Å². The van der Waals surface area contributed by atoms with E-state index in [0.717, 1.165) is 35.1 Å². The topological polar surface area (TPSA) is 55.8 Å². The molecule has 0 bridgehead atoms. The molecular weight excluding hydrogens is 376 g/mol. The Morgan fingerprint density at radius 1 is 1.07 bits per heavy atom. The number of hydrogen-bond donors (Lipinski definition) is 1. The first kappa shape index (κ1) is 24.5. The normalized spacial score (nSPS) is 15.8. The van der Waals surface area contributed by atoms with Crippen LogP contribution in [-0.2, 0) is 25.1 Å². The van der Waals surface area contributed by atoms with Crippen molar-refractivity contribution in [2.75, 3.05) is 20.3 Å². The number of phenols is 1. The number of ether oxygens (including phenoxy) is 2. The van der Waals surface area contributed by atoms with Gasteiger partial charge in [-0.25, -0.2) is 4.79 Å². The van der Waals surface area contributed by atoms with E-state index in [0.29, 0.717) is 23.8 Å². The second-order valence-corrected chi connectivity index (χ2v) is 10.6. The summed E-state index contributed by atoms with van der Waals surface area (Å²) in [5.74, 6) is 0.251. The fourth-order valence-corrected chi connectivity index (χ4v) is 4.50. The van der Waals surface area contributed by atoms with Crippen molar-refractivity contribution in [1.29, 1.82) is 0 Å². The third-order valence-corrected chi connectivity index (χ3v) is 6.00. The average molecular weight is 417 g/mol. The first-order chi connectivity index (χ1) is 13.9. The van der Waals surface area contributed by atoms with E-state index in [1.807, 2.05) is 6.07 Å². The molecule has 0 unspecified atom stereocenters. The van der Waals surface area contributed by atoms with Gasteiger partial charge in [-0.1, -0.05) is 67.4 Å². The molecule has 1 N–H and O–H groups in total. The molecule has 0 saturated heterocycles. The number of carbonyl (C=O) groups is 1. The molecule has 2 rings (SSSR count). The molecule has 0 spiro atoms. The fraction of sp³-hybridized carbons (Fsp3) is 0.654. The molecule has 1 fully saturated rings. The van der Waals surface area contributed by atoms with Gasteiger partial charge in [-0.3, -0.25) is 0 Å². The molecule has 0 atom stereocenters. The van der Waals surface area contributed by atoms with E-state index in [2.05, 4.69) is 48.1 Å². The van der Waals surface area contributed by atoms with Gasteiger partial charge in [-0.15, -0.1) is 0 Å². The van der Waals surface area contributed by atoms with Crippen molar-refractivity contribution in [3.63, 3.8) is 0 Å². The predicted octanol–water partition coefficient (Wildman–Crippen LogP) is 6.24. The maximum absolute atomic E-state index is 12.8. The molecule has 1 aromatic rings. The molecule has 1 aliphatic carbocycles. The summed E-state index contributed by atoms with van der Waals surface area (Å²) in [6, 6.07) is 1.98. The lowest BCUT2D eigenvalue weighted by molar-refractivity contribution is -0.137. The predicted molar refractivity (Wildman–Crippen MR) is 123 cm³/mol. The van der Waals surface area contributed by atoms with Gasteiger partial charge in [0.15, 0.2) is 0 Å². The van der Waals surface area contributed by atoms with E-state index in [-0.39, 0.29) is 17.4 Å². The van der Waals surface area contributed by atoms with Gasteiger partial charge in [0.05, 0.1) is 12.2 Å². The van der Waals surface area contributed by atoms with Gasteiger partial charge in [-0.05, 0) is 46.8 Å². The average Bonchev–Trinajstić information content (AvgIpc) is 2.65. The Morgan fingerprint density at radius 3 is 2.17 bits per heavy atom. The van der Waals surface area contributed by atoms with Crippen molar-refractivity contribution < 1.29 is 19.4 Å². The number of carbonyl (C=O) groups excluding carboxylic acids is 1. The molecular formula is C26H40O4. The monoisotopic (exact) mass is 416 g/mol. The Hall–Kier alpha value is -1.81. The lowest BCUT2D eigenvalue weighted by atomic mass is 9.69. The highest BCUT2D eigenvalue weighted by Gasteiger charge is 2.35. The molecule has 0 amide bonds. The molecule has 0 radical (unpaired) electrons. The number of aromatic hydroxyl groups is 1. The van der Waals surface area contributed by atoms with E-state index in [1.165, 1.54) is 19.3 Å². The Bertz CT molecular complexity index is 772. The summed E-state index contributed by atoms with van der Waals surface area (Å²) < 4.78 is 10.4. The lowest BCUT2D eigenvalue weighted by Crippen LogP contribution is -2.24. The molecule has 168 valence electrons. The number of rotatable bonds is 6. The SMILES string of the molecule is C=C(C(=O)OCCOC)c1cc(C(C)(C)C)c(O)c(C(C)(C)C)c1C1CCCCC1. The Labute approximate surface area is 182 Å². The van der Waals surface area contributed by atoms with Gasteiger partial charge in [0.1, 0.15) is 12.4 Å². The summed E-state index contributed by atoms with van der Waals surface area (Å²) >= 11 is 0. The van der Waals surface area contributed by atoms with E-state index < -0.39 is 5.97 Å². The summed E-state index contributed by atoms with van der Waals surface area (Å²) in [6.07, 6.45) is 5.70. The molecule has 30 heavy (non-hydrogen) atoms. The lowest BCUT2D eigenvalue weighted by Gasteiger charge is -2.35. The van der Waals surface area contributed by atoms with Gasteiger partial charge in [0, 0.05) is 18.2 Å². The summed E-state index contributed by atoms with van der Waals surface area (Å²) in [4.78, 5) is 12.8. The highest BCUT2D eigenvalue weighted by molar-refractivity contribution is 6.16. The van der Waals surface area contributed by atoms with Crippen LogP contribution in [0.3, 0.4) is 0 Å². The zero-order chi connectivity index (χ0) is 22.7. The summed E-state index contributed by atoms with van der Waals surface area (Å²) in [5, 5.41) is 11.4. The number of phenolic OH excluding ortho intramolecular Hbond substituents is 1. The smallest absolute Gasteiger partial charge is 0.338 e. The second kappa shape index (κ2) is 9.55. The quantitative estimate of drug-likeness (QED) is 0.339. The highest BCUT2D eigenvalue weighted by atomic mass is 16.6. The molecule has 0 aliphatic heterocycles. The number of methoxy groups -OCH3 is 1. The van der Waals surface area contributed by atoms with Crippen molar-refractivity contribution in [3.05, 3.63) is 34.9 Å². The van der Waals surface area contributed by atoms with Crippen molar-refractivity contribution >= 4 is 11.5 Å². The fourth-order valence-electron chi connectivity index (χ4n) is 4.50. The largest absolute Gasteiger partial charge is 0.507 e. The van der Waals surface area contributed by atoms with Crippen LogP contribution in [0.1, 0.15) is 102 Å². The second-order valence-electron chi connectivity index (χ2n) is 10.6. The van der Waals surface area contributed by atoms with E-state index in [4.69, 9.17) is 9.47 Å². The van der Waals surface area contributed by atoms with E-state index in [1.54, 1.807) is 7.11 Å². The minimum Gasteiger partial charge on any atom is -0.507 e. The zero-order valence-electron chi connectivity index (χ0n) is 20.0. The maximum Gasteiger partial charge on any atom is 0.338 e. The van der Waals surface area contributed by atoms with Crippen molar-refractivity contribution in [3.8, 4) is 5.75 Å². The molecule has 4 heteroatoms. The highest BCUT2D eigenvalue weighted by Crippen LogP contribution is 2.49. The summed E-state index contributed by atoms with van der Waals surface area (Å²) in [6.45, 7) is 17.3. The van der Waals surface area contributed by atoms with Gasteiger partial charge >= 0.3 is 5.97 Å². The first-order valence-corrected chi connectivity index (χ1v) is 11.2. The Morgan fingerprint density at radius 2 is 1.67 bits per heavy atom. The number of hydrogen-bond acceptors (Lipinski definition) is 4. The van der Waals surface area contributed by atoms with Crippen LogP contribution in [0.4, 0.5) is 0 Å².